The van der Waals surface area contributed by atoms with E-state index in [0.717, 1.165) is 57.2 Å². The maximum absolute atomic E-state index is 12.2. The summed E-state index contributed by atoms with van der Waals surface area (Å²) in [7, 11) is 0. The number of carbonyl (C=O) groups excluding carboxylic acids is 1. The zero-order valence-corrected chi connectivity index (χ0v) is 11.7. The molecule has 1 amide bonds. The quantitative estimate of drug-likeness (QED) is 0.789. The standard InChI is InChI=1S/C15H28N2O/c1-2-12(8-9-16)6-7-15(18)17-10-13-4-3-5-14(13)11-17/h12-14H,2-11,16H2,1H3. The predicted molar refractivity (Wildman–Crippen MR) is 74.1 cm³/mol. The van der Waals surface area contributed by atoms with Crippen molar-refractivity contribution in [2.75, 3.05) is 19.6 Å². The normalized spacial score (nSPS) is 28.4. The summed E-state index contributed by atoms with van der Waals surface area (Å²) < 4.78 is 0. The van der Waals surface area contributed by atoms with Gasteiger partial charge in [-0.1, -0.05) is 19.8 Å². The molecule has 1 heterocycles. The first-order valence-electron chi connectivity index (χ1n) is 7.72. The molecule has 1 aliphatic carbocycles. The molecule has 3 atom stereocenters. The number of nitrogens with zero attached hydrogens (tertiary/aromatic N) is 1. The first-order valence-corrected chi connectivity index (χ1v) is 7.72. The molecule has 0 aromatic carbocycles. The largest absolute Gasteiger partial charge is 0.342 e. The van der Waals surface area contributed by atoms with Gasteiger partial charge in [-0.05, 0) is 50.0 Å². The summed E-state index contributed by atoms with van der Waals surface area (Å²) in [6.45, 7) is 5.03. The van der Waals surface area contributed by atoms with Crippen LogP contribution in [-0.4, -0.2) is 30.4 Å². The fourth-order valence-electron chi connectivity index (χ4n) is 3.71. The van der Waals surface area contributed by atoms with Crippen molar-refractivity contribution in [3.63, 3.8) is 0 Å². The average molecular weight is 252 g/mol. The molecule has 1 saturated carbocycles. The lowest BCUT2D eigenvalue weighted by atomic mass is 9.96. The van der Waals surface area contributed by atoms with Crippen molar-refractivity contribution >= 4 is 5.91 Å². The Morgan fingerprint density at radius 3 is 2.50 bits per heavy atom. The minimum atomic E-state index is 0.389. The van der Waals surface area contributed by atoms with Gasteiger partial charge in [0.05, 0.1) is 0 Å². The Hall–Kier alpha value is -0.570. The van der Waals surface area contributed by atoms with Crippen molar-refractivity contribution in [1.82, 2.24) is 4.90 Å². The van der Waals surface area contributed by atoms with Crippen LogP contribution in [0.3, 0.4) is 0 Å². The van der Waals surface area contributed by atoms with Crippen LogP contribution in [0.2, 0.25) is 0 Å². The zero-order valence-electron chi connectivity index (χ0n) is 11.7. The van der Waals surface area contributed by atoms with E-state index >= 15 is 0 Å². The van der Waals surface area contributed by atoms with Gasteiger partial charge in [0.15, 0.2) is 0 Å². The Kier molecular flexibility index (Phi) is 5.04. The number of hydrogen-bond donors (Lipinski definition) is 1. The Balaban J connectivity index is 1.72. The van der Waals surface area contributed by atoms with Gasteiger partial charge >= 0.3 is 0 Å². The molecular formula is C15H28N2O. The molecule has 2 aliphatic rings. The number of nitrogens with two attached hydrogens (primary N) is 1. The molecule has 0 aromatic rings. The topological polar surface area (TPSA) is 46.3 Å². The number of fused-ring (bicyclic) bond motifs is 1. The molecule has 1 aliphatic heterocycles. The van der Waals surface area contributed by atoms with E-state index in [1.165, 1.54) is 19.3 Å². The molecule has 2 fully saturated rings. The first kappa shape index (κ1) is 13.9. The third-order valence-electron chi connectivity index (χ3n) is 5.00. The van der Waals surface area contributed by atoms with E-state index in [4.69, 9.17) is 5.73 Å². The molecule has 104 valence electrons. The summed E-state index contributed by atoms with van der Waals surface area (Å²) in [5.41, 5.74) is 5.60. The van der Waals surface area contributed by atoms with E-state index in [2.05, 4.69) is 11.8 Å². The lowest BCUT2D eigenvalue weighted by Gasteiger charge is -2.19. The van der Waals surface area contributed by atoms with Gasteiger partial charge in [0.2, 0.25) is 5.91 Å². The average Bonchev–Trinajstić information content (AvgIpc) is 2.94. The maximum atomic E-state index is 12.2. The number of rotatable bonds is 6. The fraction of sp³-hybridized carbons (Fsp3) is 0.933. The second kappa shape index (κ2) is 6.55. The second-order valence-corrected chi connectivity index (χ2v) is 6.14. The highest BCUT2D eigenvalue weighted by Crippen LogP contribution is 2.38. The van der Waals surface area contributed by atoms with E-state index in [0.29, 0.717) is 11.8 Å². The van der Waals surface area contributed by atoms with Crippen LogP contribution < -0.4 is 5.73 Å². The van der Waals surface area contributed by atoms with Crippen molar-refractivity contribution in [2.45, 2.75) is 51.9 Å². The number of amides is 1. The zero-order chi connectivity index (χ0) is 13.0. The van der Waals surface area contributed by atoms with E-state index in [1.807, 2.05) is 0 Å². The minimum absolute atomic E-state index is 0.389. The van der Waals surface area contributed by atoms with Gasteiger partial charge in [0, 0.05) is 19.5 Å². The van der Waals surface area contributed by atoms with Crippen molar-refractivity contribution < 1.29 is 4.79 Å². The highest BCUT2D eigenvalue weighted by molar-refractivity contribution is 5.76. The van der Waals surface area contributed by atoms with E-state index in [9.17, 15) is 4.79 Å². The first-order chi connectivity index (χ1) is 8.74. The van der Waals surface area contributed by atoms with Gasteiger partial charge in [0.1, 0.15) is 0 Å². The Bertz CT molecular complexity index is 268. The smallest absolute Gasteiger partial charge is 0.222 e. The van der Waals surface area contributed by atoms with Crippen LogP contribution in [0, 0.1) is 17.8 Å². The van der Waals surface area contributed by atoms with Crippen LogP contribution in [0.15, 0.2) is 0 Å². The van der Waals surface area contributed by atoms with Crippen LogP contribution in [0.1, 0.15) is 51.9 Å². The molecule has 2 rings (SSSR count). The van der Waals surface area contributed by atoms with Crippen molar-refractivity contribution in [2.24, 2.45) is 23.5 Å². The highest BCUT2D eigenvalue weighted by Gasteiger charge is 2.37. The lowest BCUT2D eigenvalue weighted by Crippen LogP contribution is -2.29. The monoisotopic (exact) mass is 252 g/mol. The highest BCUT2D eigenvalue weighted by atomic mass is 16.2. The summed E-state index contributed by atoms with van der Waals surface area (Å²) in [4.78, 5) is 14.3. The Labute approximate surface area is 111 Å². The lowest BCUT2D eigenvalue weighted by molar-refractivity contribution is -0.130. The fourth-order valence-corrected chi connectivity index (χ4v) is 3.71. The Morgan fingerprint density at radius 2 is 1.94 bits per heavy atom. The summed E-state index contributed by atoms with van der Waals surface area (Å²) in [5, 5.41) is 0. The van der Waals surface area contributed by atoms with Crippen molar-refractivity contribution in [3.05, 3.63) is 0 Å². The van der Waals surface area contributed by atoms with Crippen molar-refractivity contribution in [3.8, 4) is 0 Å². The van der Waals surface area contributed by atoms with E-state index < -0.39 is 0 Å². The van der Waals surface area contributed by atoms with E-state index in [1.54, 1.807) is 0 Å². The predicted octanol–water partition coefficient (Wildman–Crippen LogP) is 2.40. The number of carbonyl (C=O) groups is 1. The van der Waals surface area contributed by atoms with Gasteiger partial charge in [-0.25, -0.2) is 0 Å². The van der Waals surface area contributed by atoms with Crippen LogP contribution in [0.5, 0.6) is 0 Å². The SMILES string of the molecule is CCC(CCN)CCC(=O)N1CC2CCCC2C1. The molecule has 18 heavy (non-hydrogen) atoms. The molecule has 2 N–H and O–H groups in total. The molecule has 0 aromatic heterocycles. The van der Waals surface area contributed by atoms with Gasteiger partial charge in [-0.2, -0.15) is 0 Å². The molecule has 3 heteroatoms. The third-order valence-corrected chi connectivity index (χ3v) is 5.00. The van der Waals surface area contributed by atoms with Gasteiger partial charge < -0.3 is 10.6 Å². The molecule has 1 saturated heterocycles. The maximum Gasteiger partial charge on any atom is 0.222 e. The number of hydrogen-bond acceptors (Lipinski definition) is 2. The van der Waals surface area contributed by atoms with Crippen LogP contribution in [0.25, 0.3) is 0 Å². The summed E-state index contributed by atoms with van der Waals surface area (Å²) >= 11 is 0. The van der Waals surface area contributed by atoms with Crippen LogP contribution >= 0.6 is 0 Å². The molecule has 0 radical (unpaired) electrons. The molecule has 0 spiro atoms. The summed E-state index contributed by atoms with van der Waals surface area (Å²) in [5.74, 6) is 2.67. The van der Waals surface area contributed by atoms with Gasteiger partial charge in [-0.3, -0.25) is 4.79 Å². The number of likely N-dealkylation sites (tertiary alicyclic amines) is 1. The summed E-state index contributed by atoms with van der Waals surface area (Å²) in [6, 6.07) is 0. The van der Waals surface area contributed by atoms with E-state index in [-0.39, 0.29) is 0 Å². The van der Waals surface area contributed by atoms with Gasteiger partial charge in [0.25, 0.3) is 0 Å². The molecule has 3 nitrogen and oxygen atoms in total. The summed E-state index contributed by atoms with van der Waals surface area (Å²) in [6.07, 6.45) is 8.05. The van der Waals surface area contributed by atoms with Gasteiger partial charge in [-0.15, -0.1) is 0 Å². The molecule has 0 bridgehead atoms. The molecule has 3 unspecified atom stereocenters. The third kappa shape index (κ3) is 3.25. The van der Waals surface area contributed by atoms with Crippen molar-refractivity contribution in [1.29, 1.82) is 0 Å². The molecular weight excluding hydrogens is 224 g/mol. The van der Waals surface area contributed by atoms with Crippen LogP contribution in [-0.2, 0) is 4.79 Å². The minimum Gasteiger partial charge on any atom is -0.342 e. The van der Waals surface area contributed by atoms with Crippen LogP contribution in [0.4, 0.5) is 0 Å². The Morgan fingerprint density at radius 1 is 1.28 bits per heavy atom. The second-order valence-electron chi connectivity index (χ2n) is 6.14.